The molecule has 2 rings (SSSR count). The van der Waals surface area contributed by atoms with Crippen LogP contribution in [0.3, 0.4) is 0 Å². The van der Waals surface area contributed by atoms with Crippen LogP contribution in [0.4, 0.5) is 5.69 Å². The minimum Gasteiger partial charge on any atom is -0.390 e. The number of hydrogen-bond donors (Lipinski definition) is 2. The standard InChI is InChI=1S/C16H23NO4S/c1-12(18)17-13-4-6-16(7-5-13)22-11-14(19)9-20-10-15-3-2-8-21-15/h4-7,14-15,19H,2-3,8-11H2,1H3,(H,17,18)/t14-,15-/m1/s1. The molecule has 5 nitrogen and oxygen atoms in total. The minimum atomic E-state index is -0.499. The van der Waals surface area contributed by atoms with E-state index in [2.05, 4.69) is 5.32 Å². The molecule has 1 aromatic carbocycles. The predicted octanol–water partition coefficient (Wildman–Crippen LogP) is 2.29. The molecular weight excluding hydrogens is 302 g/mol. The molecule has 1 aliphatic rings. The lowest BCUT2D eigenvalue weighted by atomic mass is 10.2. The third-order valence-corrected chi connectivity index (χ3v) is 4.41. The van der Waals surface area contributed by atoms with E-state index < -0.39 is 6.10 Å². The monoisotopic (exact) mass is 325 g/mol. The number of benzene rings is 1. The fraction of sp³-hybridized carbons (Fsp3) is 0.562. The summed E-state index contributed by atoms with van der Waals surface area (Å²) in [6, 6.07) is 7.56. The summed E-state index contributed by atoms with van der Waals surface area (Å²) in [7, 11) is 0. The van der Waals surface area contributed by atoms with Gasteiger partial charge in [0.1, 0.15) is 0 Å². The highest BCUT2D eigenvalue weighted by Crippen LogP contribution is 2.21. The van der Waals surface area contributed by atoms with Crippen molar-refractivity contribution in [2.45, 2.75) is 36.9 Å². The lowest BCUT2D eigenvalue weighted by Crippen LogP contribution is -2.22. The van der Waals surface area contributed by atoms with Crippen LogP contribution < -0.4 is 5.32 Å². The number of amides is 1. The van der Waals surface area contributed by atoms with Crippen LogP contribution in [0.1, 0.15) is 19.8 Å². The number of anilines is 1. The molecule has 0 aromatic heterocycles. The number of rotatable bonds is 8. The number of nitrogens with one attached hydrogen (secondary N) is 1. The molecular formula is C16H23NO4S. The van der Waals surface area contributed by atoms with Gasteiger partial charge in [-0.15, -0.1) is 11.8 Å². The molecule has 1 fully saturated rings. The number of hydrogen-bond acceptors (Lipinski definition) is 5. The number of aliphatic hydroxyl groups excluding tert-OH is 1. The van der Waals surface area contributed by atoms with Crippen LogP contribution in [0.2, 0.25) is 0 Å². The fourth-order valence-corrected chi connectivity index (χ4v) is 3.00. The summed E-state index contributed by atoms with van der Waals surface area (Å²) in [6.45, 7) is 3.19. The first-order valence-electron chi connectivity index (χ1n) is 7.51. The van der Waals surface area contributed by atoms with Gasteiger partial charge in [0.15, 0.2) is 0 Å². The van der Waals surface area contributed by atoms with Crippen molar-refractivity contribution in [1.82, 2.24) is 0 Å². The average molecular weight is 325 g/mol. The number of thioether (sulfide) groups is 1. The zero-order chi connectivity index (χ0) is 15.8. The van der Waals surface area contributed by atoms with E-state index in [0.29, 0.717) is 19.0 Å². The molecule has 0 bridgehead atoms. The quantitative estimate of drug-likeness (QED) is 0.718. The summed E-state index contributed by atoms with van der Waals surface area (Å²) in [6.07, 6.45) is 1.84. The molecule has 2 atom stereocenters. The third kappa shape index (κ3) is 6.36. The van der Waals surface area contributed by atoms with E-state index in [4.69, 9.17) is 9.47 Å². The van der Waals surface area contributed by atoms with Crippen molar-refractivity contribution in [3.8, 4) is 0 Å². The summed E-state index contributed by atoms with van der Waals surface area (Å²) in [5.74, 6) is 0.490. The first-order chi connectivity index (χ1) is 10.6. The Bertz CT molecular complexity index is 460. The van der Waals surface area contributed by atoms with Crippen molar-refractivity contribution in [2.24, 2.45) is 0 Å². The molecule has 1 aliphatic heterocycles. The lowest BCUT2D eigenvalue weighted by molar-refractivity contribution is -0.114. The number of aliphatic hydroxyl groups is 1. The van der Waals surface area contributed by atoms with E-state index in [-0.39, 0.29) is 12.0 Å². The van der Waals surface area contributed by atoms with Crippen LogP contribution in [0, 0.1) is 0 Å². The summed E-state index contributed by atoms with van der Waals surface area (Å²) in [5, 5.41) is 12.6. The Morgan fingerprint density at radius 1 is 1.50 bits per heavy atom. The van der Waals surface area contributed by atoms with E-state index in [1.165, 1.54) is 6.92 Å². The van der Waals surface area contributed by atoms with Crippen LogP contribution in [0.25, 0.3) is 0 Å². The van der Waals surface area contributed by atoms with Gasteiger partial charge in [0.25, 0.3) is 0 Å². The van der Waals surface area contributed by atoms with Gasteiger partial charge in [0.2, 0.25) is 5.91 Å². The zero-order valence-electron chi connectivity index (χ0n) is 12.8. The predicted molar refractivity (Wildman–Crippen MR) is 87.3 cm³/mol. The minimum absolute atomic E-state index is 0.0841. The Morgan fingerprint density at radius 3 is 2.91 bits per heavy atom. The van der Waals surface area contributed by atoms with Gasteiger partial charge in [-0.1, -0.05) is 0 Å². The van der Waals surface area contributed by atoms with Crippen molar-refractivity contribution in [1.29, 1.82) is 0 Å². The first kappa shape index (κ1) is 17.3. The van der Waals surface area contributed by atoms with Gasteiger partial charge < -0.3 is 19.9 Å². The summed E-state index contributed by atoms with van der Waals surface area (Å²) in [5.41, 5.74) is 0.775. The molecule has 0 aliphatic carbocycles. The maximum absolute atomic E-state index is 10.9. The molecule has 0 saturated carbocycles. The zero-order valence-corrected chi connectivity index (χ0v) is 13.6. The van der Waals surface area contributed by atoms with E-state index in [9.17, 15) is 9.90 Å². The maximum atomic E-state index is 10.9. The topological polar surface area (TPSA) is 67.8 Å². The molecule has 1 amide bonds. The molecule has 1 saturated heterocycles. The second-order valence-electron chi connectivity index (χ2n) is 5.34. The number of ether oxygens (including phenoxy) is 2. The van der Waals surface area contributed by atoms with Crippen molar-refractivity contribution >= 4 is 23.4 Å². The summed E-state index contributed by atoms with van der Waals surface area (Å²) < 4.78 is 11.0. The second-order valence-corrected chi connectivity index (χ2v) is 6.44. The molecule has 2 N–H and O–H groups in total. The second kappa shape index (κ2) is 9.15. The van der Waals surface area contributed by atoms with E-state index in [1.807, 2.05) is 24.3 Å². The highest BCUT2D eigenvalue weighted by Gasteiger charge is 2.16. The molecule has 22 heavy (non-hydrogen) atoms. The molecule has 6 heteroatoms. The molecule has 0 spiro atoms. The Hall–Kier alpha value is -1.08. The number of carbonyl (C=O) groups excluding carboxylic acids is 1. The molecule has 1 aromatic rings. The van der Waals surface area contributed by atoms with E-state index in [0.717, 1.165) is 30.0 Å². The third-order valence-electron chi connectivity index (χ3n) is 3.26. The van der Waals surface area contributed by atoms with Gasteiger partial charge in [-0.05, 0) is 37.1 Å². The summed E-state index contributed by atoms with van der Waals surface area (Å²) >= 11 is 1.56. The Kier molecular flexibility index (Phi) is 7.18. The highest BCUT2D eigenvalue weighted by molar-refractivity contribution is 7.99. The largest absolute Gasteiger partial charge is 0.390 e. The molecule has 1 heterocycles. The van der Waals surface area contributed by atoms with E-state index >= 15 is 0 Å². The summed E-state index contributed by atoms with van der Waals surface area (Å²) in [4.78, 5) is 12.0. The van der Waals surface area contributed by atoms with Gasteiger partial charge >= 0.3 is 0 Å². The fourth-order valence-electron chi connectivity index (χ4n) is 2.19. The Balaban J connectivity index is 1.62. The van der Waals surface area contributed by atoms with Crippen LogP contribution in [-0.2, 0) is 14.3 Å². The van der Waals surface area contributed by atoms with Gasteiger partial charge in [-0.2, -0.15) is 0 Å². The molecule has 0 unspecified atom stereocenters. The molecule has 122 valence electrons. The van der Waals surface area contributed by atoms with Gasteiger partial charge in [-0.25, -0.2) is 0 Å². The highest BCUT2D eigenvalue weighted by atomic mass is 32.2. The van der Waals surface area contributed by atoms with Crippen molar-refractivity contribution < 1.29 is 19.4 Å². The van der Waals surface area contributed by atoms with Crippen LogP contribution in [0.15, 0.2) is 29.2 Å². The Morgan fingerprint density at radius 2 is 2.27 bits per heavy atom. The lowest BCUT2D eigenvalue weighted by Gasteiger charge is -2.14. The normalized spacial score (nSPS) is 19.1. The van der Waals surface area contributed by atoms with Crippen LogP contribution in [-0.4, -0.2) is 48.8 Å². The van der Waals surface area contributed by atoms with Crippen molar-refractivity contribution in [2.75, 3.05) is 30.9 Å². The average Bonchev–Trinajstić information content (AvgIpc) is 2.99. The number of carbonyl (C=O) groups is 1. The van der Waals surface area contributed by atoms with Crippen LogP contribution in [0.5, 0.6) is 0 Å². The van der Waals surface area contributed by atoms with Crippen molar-refractivity contribution in [3.63, 3.8) is 0 Å². The molecule has 0 radical (unpaired) electrons. The van der Waals surface area contributed by atoms with Gasteiger partial charge in [0.05, 0.1) is 25.4 Å². The van der Waals surface area contributed by atoms with Crippen LogP contribution >= 0.6 is 11.8 Å². The van der Waals surface area contributed by atoms with Crippen molar-refractivity contribution in [3.05, 3.63) is 24.3 Å². The van der Waals surface area contributed by atoms with E-state index in [1.54, 1.807) is 11.8 Å². The Labute approximate surface area is 135 Å². The smallest absolute Gasteiger partial charge is 0.221 e. The first-order valence-corrected chi connectivity index (χ1v) is 8.50. The van der Waals surface area contributed by atoms with Gasteiger partial charge in [-0.3, -0.25) is 4.79 Å². The SMILES string of the molecule is CC(=O)Nc1ccc(SC[C@H](O)COC[C@H]2CCCO2)cc1. The van der Waals surface area contributed by atoms with Gasteiger partial charge in [0, 0.05) is 29.9 Å². The maximum Gasteiger partial charge on any atom is 0.221 e.